The first-order valence-corrected chi connectivity index (χ1v) is 8.22. The van der Waals surface area contributed by atoms with Crippen LogP contribution in [0.2, 0.25) is 0 Å². The maximum Gasteiger partial charge on any atom is 0.274 e. The Bertz CT molecular complexity index is 821. The Morgan fingerprint density at radius 1 is 1.40 bits per heavy atom. The number of amides is 1. The fourth-order valence-electron chi connectivity index (χ4n) is 2.75. The van der Waals surface area contributed by atoms with Crippen LogP contribution in [0, 0.1) is 18.3 Å². The Morgan fingerprint density at radius 2 is 2.12 bits per heavy atom. The summed E-state index contributed by atoms with van der Waals surface area (Å²) in [4.78, 5) is 14.6. The van der Waals surface area contributed by atoms with Crippen LogP contribution in [-0.2, 0) is 12.1 Å². The molecule has 0 fully saturated rings. The lowest BCUT2D eigenvalue weighted by Crippen LogP contribution is -2.32. The minimum atomic E-state index is -0.187. The van der Waals surface area contributed by atoms with Crippen LogP contribution in [0.5, 0.6) is 0 Å². The summed E-state index contributed by atoms with van der Waals surface area (Å²) in [7, 11) is 0. The first kappa shape index (κ1) is 18.5. The number of aryl methyl sites for hydroxylation is 1. The minimum absolute atomic E-state index is 0.145. The summed E-state index contributed by atoms with van der Waals surface area (Å²) in [5, 5.41) is 13.5. The molecule has 0 spiro atoms. The predicted molar refractivity (Wildman–Crippen MR) is 98.1 cm³/mol. The van der Waals surface area contributed by atoms with Crippen LogP contribution in [-0.4, -0.2) is 27.1 Å². The molecule has 0 bridgehead atoms. The zero-order valence-electron chi connectivity index (χ0n) is 15.3. The molecule has 25 heavy (non-hydrogen) atoms. The van der Waals surface area contributed by atoms with Gasteiger partial charge in [-0.1, -0.05) is 18.2 Å². The number of aromatic nitrogens is 2. The van der Waals surface area contributed by atoms with Gasteiger partial charge in [0.15, 0.2) is 5.69 Å². The zero-order valence-corrected chi connectivity index (χ0v) is 15.3. The van der Waals surface area contributed by atoms with Gasteiger partial charge in [0, 0.05) is 18.8 Å². The molecular weight excluding hydrogens is 312 g/mol. The molecule has 1 heterocycles. The smallest absolute Gasteiger partial charge is 0.274 e. The van der Waals surface area contributed by atoms with Crippen LogP contribution in [0.1, 0.15) is 48.1 Å². The fourth-order valence-corrected chi connectivity index (χ4v) is 2.75. The van der Waals surface area contributed by atoms with Crippen molar-refractivity contribution in [1.82, 2.24) is 14.7 Å². The van der Waals surface area contributed by atoms with Gasteiger partial charge in [0.05, 0.1) is 17.2 Å². The van der Waals surface area contributed by atoms with Crippen LogP contribution in [0.4, 0.5) is 0 Å². The molecule has 0 radical (unpaired) electrons. The molecule has 0 atom stereocenters. The molecule has 0 aliphatic rings. The van der Waals surface area contributed by atoms with E-state index in [1.54, 1.807) is 23.1 Å². The van der Waals surface area contributed by atoms with Crippen molar-refractivity contribution in [2.45, 2.75) is 39.8 Å². The summed E-state index contributed by atoms with van der Waals surface area (Å²) < 4.78 is 1.86. The summed E-state index contributed by atoms with van der Waals surface area (Å²) in [6.45, 7) is 12.7. The van der Waals surface area contributed by atoms with Crippen molar-refractivity contribution in [2.75, 3.05) is 6.54 Å². The van der Waals surface area contributed by atoms with Gasteiger partial charge in [0.1, 0.15) is 0 Å². The molecule has 1 aromatic carbocycles. The van der Waals surface area contributed by atoms with Crippen LogP contribution in [0.3, 0.4) is 0 Å². The number of nitriles is 1. The van der Waals surface area contributed by atoms with E-state index in [-0.39, 0.29) is 11.4 Å². The van der Waals surface area contributed by atoms with Crippen molar-refractivity contribution in [2.24, 2.45) is 0 Å². The molecule has 0 saturated heterocycles. The van der Waals surface area contributed by atoms with E-state index in [9.17, 15) is 4.79 Å². The van der Waals surface area contributed by atoms with Crippen molar-refractivity contribution in [1.29, 1.82) is 5.26 Å². The zero-order chi connectivity index (χ0) is 18.6. The Morgan fingerprint density at radius 3 is 2.68 bits per heavy atom. The molecule has 1 aromatic heterocycles. The Hall–Kier alpha value is -2.87. The molecule has 0 aliphatic carbocycles. The van der Waals surface area contributed by atoms with Crippen LogP contribution >= 0.6 is 0 Å². The second-order valence-corrected chi connectivity index (χ2v) is 7.04. The first-order valence-electron chi connectivity index (χ1n) is 8.22. The van der Waals surface area contributed by atoms with E-state index in [0.29, 0.717) is 24.3 Å². The van der Waals surface area contributed by atoms with Crippen molar-refractivity contribution < 1.29 is 4.79 Å². The van der Waals surface area contributed by atoms with E-state index < -0.39 is 0 Å². The van der Waals surface area contributed by atoms with Crippen LogP contribution in [0.15, 0.2) is 43.0 Å². The van der Waals surface area contributed by atoms with Crippen molar-refractivity contribution in [3.63, 3.8) is 0 Å². The minimum Gasteiger partial charge on any atom is -0.329 e. The van der Waals surface area contributed by atoms with E-state index in [1.807, 2.05) is 29.8 Å². The molecule has 130 valence electrons. The van der Waals surface area contributed by atoms with Crippen LogP contribution in [0.25, 0.3) is 0 Å². The number of nitrogens with zero attached hydrogens (tertiary/aromatic N) is 4. The highest BCUT2D eigenvalue weighted by molar-refractivity contribution is 5.92. The molecule has 2 aromatic rings. The fraction of sp³-hybridized carbons (Fsp3) is 0.350. The quantitative estimate of drug-likeness (QED) is 0.783. The van der Waals surface area contributed by atoms with Gasteiger partial charge in [-0.05, 0) is 51.5 Å². The topological polar surface area (TPSA) is 61.9 Å². The second-order valence-electron chi connectivity index (χ2n) is 7.04. The summed E-state index contributed by atoms with van der Waals surface area (Å²) in [6, 6.07) is 11.2. The second kappa shape index (κ2) is 7.35. The third-order valence-electron chi connectivity index (χ3n) is 3.81. The number of rotatable bonds is 5. The maximum atomic E-state index is 12.9. The summed E-state index contributed by atoms with van der Waals surface area (Å²) in [5.41, 5.74) is 2.66. The molecule has 0 aliphatic heterocycles. The lowest BCUT2D eigenvalue weighted by molar-refractivity contribution is 0.0755. The van der Waals surface area contributed by atoms with Gasteiger partial charge in [0.25, 0.3) is 5.91 Å². The summed E-state index contributed by atoms with van der Waals surface area (Å²) in [5.74, 6) is -0.145. The normalized spacial score (nSPS) is 11.0. The van der Waals surface area contributed by atoms with Crippen molar-refractivity contribution >= 4 is 5.91 Å². The van der Waals surface area contributed by atoms with Gasteiger partial charge in [-0.2, -0.15) is 10.4 Å². The van der Waals surface area contributed by atoms with Gasteiger partial charge in [0.2, 0.25) is 0 Å². The lowest BCUT2D eigenvalue weighted by atomic mass is 10.1. The Kier molecular flexibility index (Phi) is 5.43. The van der Waals surface area contributed by atoms with E-state index >= 15 is 0 Å². The first-order chi connectivity index (χ1) is 11.8. The summed E-state index contributed by atoms with van der Waals surface area (Å²) in [6.07, 6.45) is 1.69. The van der Waals surface area contributed by atoms with Crippen LogP contribution < -0.4 is 0 Å². The standard InChI is InChI=1S/C20H24N4O/c1-6-10-23(14-17-9-7-8-16(12-17)13-21)19(25)18-11-15(2)24(22-18)20(3,4)5/h6-9,11-12H,1,10,14H2,2-5H3. The molecule has 2 rings (SSSR count). The van der Waals surface area contributed by atoms with Gasteiger partial charge in [-0.25, -0.2) is 0 Å². The molecule has 0 unspecified atom stereocenters. The van der Waals surface area contributed by atoms with Crippen molar-refractivity contribution in [3.8, 4) is 6.07 Å². The average molecular weight is 336 g/mol. The SMILES string of the molecule is C=CCN(Cc1cccc(C#N)c1)C(=O)c1cc(C)n(C(C)(C)C)n1. The monoisotopic (exact) mass is 336 g/mol. The molecule has 0 N–H and O–H groups in total. The summed E-state index contributed by atoms with van der Waals surface area (Å²) >= 11 is 0. The predicted octanol–water partition coefficient (Wildman–Crippen LogP) is 3.65. The van der Waals surface area contributed by atoms with Gasteiger partial charge >= 0.3 is 0 Å². The van der Waals surface area contributed by atoms with Gasteiger partial charge in [-0.15, -0.1) is 6.58 Å². The average Bonchev–Trinajstić information content (AvgIpc) is 2.96. The van der Waals surface area contributed by atoms with Crippen molar-refractivity contribution in [3.05, 3.63) is 65.5 Å². The number of carbonyl (C=O) groups excluding carboxylic acids is 1. The number of benzene rings is 1. The van der Waals surface area contributed by atoms with E-state index in [0.717, 1.165) is 11.3 Å². The van der Waals surface area contributed by atoms with Gasteiger partial charge in [-0.3, -0.25) is 9.48 Å². The Balaban J connectivity index is 2.29. The number of hydrogen-bond acceptors (Lipinski definition) is 3. The highest BCUT2D eigenvalue weighted by Gasteiger charge is 2.23. The third-order valence-corrected chi connectivity index (χ3v) is 3.81. The largest absolute Gasteiger partial charge is 0.329 e. The van der Waals surface area contributed by atoms with E-state index in [4.69, 9.17) is 5.26 Å². The number of hydrogen-bond donors (Lipinski definition) is 0. The lowest BCUT2D eigenvalue weighted by Gasteiger charge is -2.22. The molecule has 0 saturated carbocycles. The Labute approximate surface area is 149 Å². The maximum absolute atomic E-state index is 12.9. The molecule has 1 amide bonds. The van der Waals surface area contributed by atoms with Gasteiger partial charge < -0.3 is 4.90 Å². The number of carbonyl (C=O) groups is 1. The molecule has 5 nitrogen and oxygen atoms in total. The highest BCUT2D eigenvalue weighted by Crippen LogP contribution is 2.18. The molecular formula is C20H24N4O. The van der Waals surface area contributed by atoms with E-state index in [2.05, 4.69) is 38.5 Å². The molecule has 5 heteroatoms. The van der Waals surface area contributed by atoms with E-state index in [1.165, 1.54) is 0 Å². The highest BCUT2D eigenvalue weighted by atomic mass is 16.2. The third kappa shape index (κ3) is 4.36.